The Labute approximate surface area is 108 Å². The quantitative estimate of drug-likeness (QED) is 0.612. The van der Waals surface area contributed by atoms with E-state index in [1.165, 1.54) is 0 Å². The van der Waals surface area contributed by atoms with Crippen molar-refractivity contribution in [1.29, 1.82) is 0 Å². The third-order valence-electron chi connectivity index (χ3n) is 3.22. The first-order chi connectivity index (χ1) is 8.78. The Morgan fingerprint density at radius 3 is 3.00 bits per heavy atom. The van der Waals surface area contributed by atoms with Crippen molar-refractivity contribution in [2.75, 3.05) is 30.1 Å². The van der Waals surface area contributed by atoms with E-state index in [1.54, 1.807) is 0 Å². The molecule has 1 aromatic rings. The normalized spacial score (nSPS) is 19.9. The van der Waals surface area contributed by atoms with E-state index >= 15 is 0 Å². The number of nitrogens with two attached hydrogens (primary N) is 1. The maximum atomic E-state index is 5.51. The van der Waals surface area contributed by atoms with Gasteiger partial charge in [0.15, 0.2) is 0 Å². The van der Waals surface area contributed by atoms with Crippen molar-refractivity contribution >= 4 is 11.6 Å². The molecule has 1 atom stereocenters. The SMILES string of the molecule is CCc1nc(NN)cc(N2CCOCC2CC)n1. The van der Waals surface area contributed by atoms with Crippen molar-refractivity contribution in [2.24, 2.45) is 5.84 Å². The molecule has 3 N–H and O–H groups in total. The molecule has 6 nitrogen and oxygen atoms in total. The van der Waals surface area contributed by atoms with Gasteiger partial charge in [0.2, 0.25) is 0 Å². The molecule has 1 aliphatic heterocycles. The third-order valence-corrected chi connectivity index (χ3v) is 3.22. The Morgan fingerprint density at radius 2 is 2.33 bits per heavy atom. The first-order valence-electron chi connectivity index (χ1n) is 6.47. The first kappa shape index (κ1) is 13.0. The summed E-state index contributed by atoms with van der Waals surface area (Å²) in [6.45, 7) is 6.57. The molecule has 0 aromatic carbocycles. The van der Waals surface area contributed by atoms with Crippen molar-refractivity contribution < 1.29 is 4.74 Å². The second kappa shape index (κ2) is 5.97. The standard InChI is InChI=1S/C12H21N5O/c1-3-9-8-18-6-5-17(9)12-7-11(16-13)14-10(4-2)15-12/h7,9H,3-6,8,13H2,1-2H3,(H,14,15,16). The minimum Gasteiger partial charge on any atom is -0.377 e. The molecule has 0 spiro atoms. The molecule has 1 fully saturated rings. The van der Waals surface area contributed by atoms with Crippen molar-refractivity contribution in [3.63, 3.8) is 0 Å². The van der Waals surface area contributed by atoms with Crippen LogP contribution in [0.25, 0.3) is 0 Å². The molecular formula is C12H21N5O. The Balaban J connectivity index is 2.29. The minimum absolute atomic E-state index is 0.379. The monoisotopic (exact) mass is 251 g/mol. The van der Waals surface area contributed by atoms with Crippen LogP contribution in [0.2, 0.25) is 0 Å². The van der Waals surface area contributed by atoms with Crippen LogP contribution in [-0.4, -0.2) is 35.8 Å². The van der Waals surface area contributed by atoms with Crippen molar-refractivity contribution in [1.82, 2.24) is 9.97 Å². The molecule has 0 saturated carbocycles. The van der Waals surface area contributed by atoms with Gasteiger partial charge in [-0.1, -0.05) is 13.8 Å². The fourth-order valence-electron chi connectivity index (χ4n) is 2.16. The molecule has 1 unspecified atom stereocenters. The molecule has 2 heterocycles. The van der Waals surface area contributed by atoms with Crippen LogP contribution in [0.5, 0.6) is 0 Å². The van der Waals surface area contributed by atoms with Gasteiger partial charge in [0.05, 0.1) is 19.3 Å². The highest BCUT2D eigenvalue weighted by Gasteiger charge is 2.23. The van der Waals surface area contributed by atoms with E-state index in [4.69, 9.17) is 10.6 Å². The topological polar surface area (TPSA) is 76.3 Å². The smallest absolute Gasteiger partial charge is 0.145 e. The maximum absolute atomic E-state index is 5.51. The molecule has 0 bridgehead atoms. The number of nitrogens with zero attached hydrogens (tertiary/aromatic N) is 3. The van der Waals surface area contributed by atoms with Crippen LogP contribution in [0.1, 0.15) is 26.1 Å². The van der Waals surface area contributed by atoms with Crippen molar-refractivity contribution in [3.05, 3.63) is 11.9 Å². The number of hydrogen-bond donors (Lipinski definition) is 2. The van der Waals surface area contributed by atoms with E-state index < -0.39 is 0 Å². The summed E-state index contributed by atoms with van der Waals surface area (Å²) < 4.78 is 5.51. The molecule has 1 aliphatic rings. The highest BCUT2D eigenvalue weighted by molar-refractivity contribution is 5.50. The number of anilines is 2. The molecule has 100 valence electrons. The van der Waals surface area contributed by atoms with Gasteiger partial charge in [-0.3, -0.25) is 0 Å². The van der Waals surface area contributed by atoms with Gasteiger partial charge in [0.25, 0.3) is 0 Å². The van der Waals surface area contributed by atoms with Gasteiger partial charge in [-0.05, 0) is 6.42 Å². The van der Waals surface area contributed by atoms with Crippen LogP contribution < -0.4 is 16.2 Å². The lowest BCUT2D eigenvalue weighted by atomic mass is 10.2. The average Bonchev–Trinajstić information content (AvgIpc) is 2.46. The Kier molecular flexibility index (Phi) is 4.33. The summed E-state index contributed by atoms with van der Waals surface area (Å²) in [4.78, 5) is 11.2. The molecule has 0 aliphatic carbocycles. The van der Waals surface area contributed by atoms with Crippen LogP contribution >= 0.6 is 0 Å². The number of ether oxygens (including phenoxy) is 1. The van der Waals surface area contributed by atoms with Gasteiger partial charge in [0, 0.05) is 19.0 Å². The predicted molar refractivity (Wildman–Crippen MR) is 71.5 cm³/mol. The maximum Gasteiger partial charge on any atom is 0.145 e. The second-order valence-corrected chi connectivity index (χ2v) is 4.36. The zero-order valence-electron chi connectivity index (χ0n) is 11.0. The van der Waals surface area contributed by atoms with E-state index in [1.807, 2.05) is 13.0 Å². The van der Waals surface area contributed by atoms with Crippen LogP contribution in [-0.2, 0) is 11.2 Å². The van der Waals surface area contributed by atoms with Crippen LogP contribution in [0.4, 0.5) is 11.6 Å². The predicted octanol–water partition coefficient (Wildman–Crippen LogP) is 0.940. The summed E-state index contributed by atoms with van der Waals surface area (Å²) in [6.07, 6.45) is 1.83. The fraction of sp³-hybridized carbons (Fsp3) is 0.667. The number of nitrogen functional groups attached to an aromatic ring is 1. The van der Waals surface area contributed by atoms with Gasteiger partial charge >= 0.3 is 0 Å². The Hall–Kier alpha value is -1.40. The number of hydrazine groups is 1. The summed E-state index contributed by atoms with van der Waals surface area (Å²) in [5.74, 6) is 7.86. The van der Waals surface area contributed by atoms with Gasteiger partial charge in [-0.25, -0.2) is 15.8 Å². The van der Waals surface area contributed by atoms with Gasteiger partial charge in [-0.2, -0.15) is 0 Å². The zero-order valence-corrected chi connectivity index (χ0v) is 11.0. The lowest BCUT2D eigenvalue weighted by molar-refractivity contribution is 0.0925. The number of hydrogen-bond acceptors (Lipinski definition) is 6. The fourth-order valence-corrected chi connectivity index (χ4v) is 2.16. The summed E-state index contributed by atoms with van der Waals surface area (Å²) in [5, 5.41) is 0. The number of aryl methyl sites for hydroxylation is 1. The molecule has 0 radical (unpaired) electrons. The molecule has 1 saturated heterocycles. The summed E-state index contributed by atoms with van der Waals surface area (Å²) in [7, 11) is 0. The van der Waals surface area contributed by atoms with Gasteiger partial charge in [-0.15, -0.1) is 0 Å². The minimum atomic E-state index is 0.379. The average molecular weight is 251 g/mol. The number of aromatic nitrogens is 2. The van der Waals surface area contributed by atoms with E-state index in [-0.39, 0.29) is 0 Å². The molecule has 6 heteroatoms. The Bertz CT molecular complexity index is 376. The molecule has 1 aromatic heterocycles. The van der Waals surface area contributed by atoms with Gasteiger partial charge in [0.1, 0.15) is 17.5 Å². The largest absolute Gasteiger partial charge is 0.377 e. The van der Waals surface area contributed by atoms with Crippen LogP contribution in [0, 0.1) is 0 Å². The Morgan fingerprint density at radius 1 is 1.50 bits per heavy atom. The summed E-state index contributed by atoms with van der Waals surface area (Å²) in [6, 6.07) is 2.27. The molecule has 0 amide bonds. The zero-order chi connectivity index (χ0) is 13.0. The second-order valence-electron chi connectivity index (χ2n) is 4.36. The summed E-state index contributed by atoms with van der Waals surface area (Å²) in [5.41, 5.74) is 2.60. The molecular weight excluding hydrogens is 230 g/mol. The van der Waals surface area contributed by atoms with Crippen molar-refractivity contribution in [2.45, 2.75) is 32.7 Å². The lowest BCUT2D eigenvalue weighted by Crippen LogP contribution is -2.45. The van der Waals surface area contributed by atoms with Crippen LogP contribution in [0.15, 0.2) is 6.07 Å². The van der Waals surface area contributed by atoms with Gasteiger partial charge < -0.3 is 15.1 Å². The number of rotatable bonds is 4. The van der Waals surface area contributed by atoms with E-state index in [0.29, 0.717) is 11.9 Å². The molecule has 18 heavy (non-hydrogen) atoms. The highest BCUT2D eigenvalue weighted by atomic mass is 16.5. The number of morpholine rings is 1. The third kappa shape index (κ3) is 2.70. The number of nitrogens with one attached hydrogen (secondary N) is 1. The lowest BCUT2D eigenvalue weighted by Gasteiger charge is -2.36. The summed E-state index contributed by atoms with van der Waals surface area (Å²) >= 11 is 0. The highest BCUT2D eigenvalue weighted by Crippen LogP contribution is 2.21. The first-order valence-corrected chi connectivity index (χ1v) is 6.47. The van der Waals surface area contributed by atoms with E-state index in [2.05, 4.69) is 27.2 Å². The van der Waals surface area contributed by atoms with Crippen molar-refractivity contribution in [3.8, 4) is 0 Å². The van der Waals surface area contributed by atoms with E-state index in [9.17, 15) is 0 Å². The van der Waals surface area contributed by atoms with E-state index in [0.717, 1.165) is 44.2 Å². The van der Waals surface area contributed by atoms with Crippen LogP contribution in [0.3, 0.4) is 0 Å². The molecule has 2 rings (SSSR count).